The minimum absolute atomic E-state index is 0.0552. The number of pyridine rings is 1. The molecule has 9 heteroatoms. The van der Waals surface area contributed by atoms with Crippen molar-refractivity contribution in [3.8, 4) is 5.69 Å². The Hall–Kier alpha value is -3.33. The number of fused-ring (bicyclic) bond motifs is 1. The van der Waals surface area contributed by atoms with Gasteiger partial charge in [0.15, 0.2) is 0 Å². The summed E-state index contributed by atoms with van der Waals surface area (Å²) in [7, 11) is 1.05. The number of halogens is 3. The fourth-order valence-electron chi connectivity index (χ4n) is 3.00. The number of hydrogen-bond acceptors (Lipinski definition) is 5. The zero-order valence-electron chi connectivity index (χ0n) is 16.4. The lowest BCUT2D eigenvalue weighted by molar-refractivity contribution is -0.137. The van der Waals surface area contributed by atoms with Gasteiger partial charge in [0.25, 0.3) is 5.56 Å². The van der Waals surface area contributed by atoms with Gasteiger partial charge in [-0.1, -0.05) is 18.2 Å². The number of aliphatic hydroxyl groups is 1. The molecule has 0 saturated heterocycles. The first-order valence-electron chi connectivity index (χ1n) is 8.83. The van der Waals surface area contributed by atoms with Crippen LogP contribution in [0, 0.1) is 0 Å². The molecular formula is C20H17F3N2O4. The third-order valence-corrected chi connectivity index (χ3v) is 4.48. The number of aromatic nitrogens is 1. The number of esters is 1. The van der Waals surface area contributed by atoms with Crippen LogP contribution in [0.5, 0.6) is 0 Å². The quantitative estimate of drug-likeness (QED) is 0.649. The fourth-order valence-corrected chi connectivity index (χ4v) is 3.00. The second kappa shape index (κ2) is 7.25. The van der Waals surface area contributed by atoms with Crippen molar-refractivity contribution in [3.05, 3.63) is 69.5 Å². The second-order valence-corrected chi connectivity index (χ2v) is 6.28. The molecule has 0 aliphatic carbocycles. The topological polar surface area (TPSA) is 94.5 Å². The first-order valence-corrected chi connectivity index (χ1v) is 8.33. The van der Waals surface area contributed by atoms with Crippen LogP contribution < -0.4 is 11.3 Å². The molecule has 0 fully saturated rings. The average molecular weight is 407 g/mol. The predicted octanol–water partition coefficient (Wildman–Crippen LogP) is 3.43. The van der Waals surface area contributed by atoms with Crippen LogP contribution in [0.1, 0.15) is 35.9 Å². The standard InChI is InChI=1S/C20H17F3N2O4/c1-10(26)11-3-6-13(7-4-11)25-15-9-12(20(21,22)23)5-8-14(15)17(24)16(18(25)27)19(28)29-2/h3-10,26H,24H2,1-2H3/i10D. The van der Waals surface area contributed by atoms with E-state index in [4.69, 9.17) is 7.10 Å². The van der Waals surface area contributed by atoms with Gasteiger partial charge in [-0.3, -0.25) is 9.36 Å². The number of ether oxygens (including phenoxy) is 1. The molecular weight excluding hydrogens is 389 g/mol. The Morgan fingerprint density at radius 1 is 1.24 bits per heavy atom. The van der Waals surface area contributed by atoms with Gasteiger partial charge in [0.2, 0.25) is 0 Å². The summed E-state index contributed by atoms with van der Waals surface area (Å²) in [6.45, 7) is 1.23. The number of nitrogen functional groups attached to an aromatic ring is 1. The van der Waals surface area contributed by atoms with Crippen molar-refractivity contribution in [2.45, 2.75) is 19.2 Å². The molecule has 0 bridgehead atoms. The summed E-state index contributed by atoms with van der Waals surface area (Å²) in [4.78, 5) is 25.2. The number of anilines is 1. The maximum absolute atomic E-state index is 13.3. The Bertz CT molecular complexity index is 1200. The minimum atomic E-state index is -4.67. The molecule has 0 spiro atoms. The molecule has 1 heterocycles. The number of nitrogens with two attached hydrogens (primary N) is 1. The molecule has 1 unspecified atom stereocenters. The van der Waals surface area contributed by atoms with Gasteiger partial charge in [-0.05, 0) is 36.8 Å². The molecule has 0 aliphatic heterocycles. The van der Waals surface area contributed by atoms with Gasteiger partial charge in [-0.15, -0.1) is 0 Å². The SMILES string of the molecule is [2H]C(C)(O)c1ccc(-n2c(=O)c(C(=O)OC)c(N)c3ccc(C(F)(F)F)cc32)cc1. The Balaban J connectivity index is 2.42. The lowest BCUT2D eigenvalue weighted by atomic mass is 10.0. The molecule has 3 rings (SSSR count). The molecule has 3 N–H and O–H groups in total. The molecule has 3 aromatic rings. The smallest absolute Gasteiger partial charge is 0.416 e. The molecule has 29 heavy (non-hydrogen) atoms. The molecule has 2 aromatic carbocycles. The van der Waals surface area contributed by atoms with Crippen LogP contribution >= 0.6 is 0 Å². The van der Waals surface area contributed by atoms with E-state index >= 15 is 0 Å². The number of carbonyl (C=O) groups excluding carboxylic acids is 1. The highest BCUT2D eigenvalue weighted by molar-refractivity contribution is 6.04. The molecule has 1 atom stereocenters. The number of methoxy groups -OCH3 is 1. The van der Waals surface area contributed by atoms with Crippen molar-refractivity contribution in [1.29, 1.82) is 0 Å². The van der Waals surface area contributed by atoms with Gasteiger partial charge < -0.3 is 15.6 Å². The molecule has 1 aromatic heterocycles. The van der Waals surface area contributed by atoms with Crippen LogP contribution in [0.4, 0.5) is 18.9 Å². The van der Waals surface area contributed by atoms with Crippen molar-refractivity contribution in [2.24, 2.45) is 0 Å². The zero-order chi connectivity index (χ0) is 22.4. The van der Waals surface area contributed by atoms with E-state index in [-0.39, 0.29) is 27.8 Å². The third kappa shape index (κ3) is 3.56. The third-order valence-electron chi connectivity index (χ3n) is 4.48. The molecule has 0 radical (unpaired) electrons. The van der Waals surface area contributed by atoms with Gasteiger partial charge in [-0.2, -0.15) is 13.2 Å². The molecule has 0 aliphatic rings. The zero-order valence-corrected chi connectivity index (χ0v) is 15.4. The highest BCUT2D eigenvalue weighted by atomic mass is 19.4. The Kier molecular flexibility index (Phi) is 4.75. The molecule has 0 amide bonds. The molecule has 6 nitrogen and oxygen atoms in total. The monoisotopic (exact) mass is 407 g/mol. The van der Waals surface area contributed by atoms with Crippen molar-refractivity contribution in [3.63, 3.8) is 0 Å². The van der Waals surface area contributed by atoms with Gasteiger partial charge in [0.1, 0.15) is 5.56 Å². The van der Waals surface area contributed by atoms with Crippen LogP contribution in [0.15, 0.2) is 47.3 Å². The van der Waals surface area contributed by atoms with Crippen LogP contribution in [-0.4, -0.2) is 22.8 Å². The van der Waals surface area contributed by atoms with Gasteiger partial charge in [0.05, 0.1) is 31.3 Å². The van der Waals surface area contributed by atoms with Crippen molar-refractivity contribution < 1.29 is 29.2 Å². The second-order valence-electron chi connectivity index (χ2n) is 6.28. The number of nitrogens with zero attached hydrogens (tertiary/aromatic N) is 1. The van der Waals surface area contributed by atoms with E-state index in [0.29, 0.717) is 0 Å². The summed E-state index contributed by atoms with van der Waals surface area (Å²) in [5, 5.41) is 9.84. The first kappa shape index (κ1) is 19.0. The maximum atomic E-state index is 13.3. The number of rotatable bonds is 3. The van der Waals surface area contributed by atoms with Crippen molar-refractivity contribution >= 4 is 22.6 Å². The normalized spacial score (nSPS) is 14.3. The predicted molar refractivity (Wildman–Crippen MR) is 101 cm³/mol. The van der Waals surface area contributed by atoms with Crippen LogP contribution in [0.25, 0.3) is 16.6 Å². The Morgan fingerprint density at radius 3 is 2.38 bits per heavy atom. The fraction of sp³-hybridized carbons (Fsp3) is 0.200. The summed E-state index contributed by atoms with van der Waals surface area (Å²) in [5.41, 5.74) is 3.31. The summed E-state index contributed by atoms with van der Waals surface area (Å²) in [6.07, 6.45) is -6.58. The van der Waals surface area contributed by atoms with Gasteiger partial charge >= 0.3 is 12.1 Å². The Labute approximate surface area is 164 Å². The lowest BCUT2D eigenvalue weighted by Crippen LogP contribution is -2.28. The van der Waals surface area contributed by atoms with Gasteiger partial charge in [0, 0.05) is 11.1 Å². The van der Waals surface area contributed by atoms with Crippen molar-refractivity contribution in [2.75, 3.05) is 12.8 Å². The van der Waals surface area contributed by atoms with E-state index in [2.05, 4.69) is 4.74 Å². The number of benzene rings is 2. The number of alkyl halides is 3. The van der Waals surface area contributed by atoms with E-state index in [1.165, 1.54) is 31.2 Å². The summed E-state index contributed by atoms with van der Waals surface area (Å²) in [5.74, 6) is -1.03. The highest BCUT2D eigenvalue weighted by Gasteiger charge is 2.32. The number of carbonyl (C=O) groups is 1. The molecule has 152 valence electrons. The van der Waals surface area contributed by atoms with Crippen molar-refractivity contribution in [1.82, 2.24) is 4.57 Å². The van der Waals surface area contributed by atoms with E-state index in [0.717, 1.165) is 29.9 Å². The van der Waals surface area contributed by atoms with Gasteiger partial charge in [-0.25, -0.2) is 4.79 Å². The van der Waals surface area contributed by atoms with Crippen LogP contribution in [0.2, 0.25) is 0 Å². The molecule has 0 saturated carbocycles. The van der Waals surface area contributed by atoms with Crippen LogP contribution in [0.3, 0.4) is 0 Å². The number of hydrogen-bond donors (Lipinski definition) is 2. The van der Waals surface area contributed by atoms with E-state index in [1.54, 1.807) is 0 Å². The summed E-state index contributed by atoms with van der Waals surface area (Å²) >= 11 is 0. The maximum Gasteiger partial charge on any atom is 0.416 e. The Morgan fingerprint density at radius 2 is 1.86 bits per heavy atom. The summed E-state index contributed by atoms with van der Waals surface area (Å²) < 4.78 is 52.9. The average Bonchev–Trinajstić information content (AvgIpc) is 2.66. The van der Waals surface area contributed by atoms with E-state index in [1.807, 2.05) is 0 Å². The minimum Gasteiger partial charge on any atom is -0.465 e. The summed E-state index contributed by atoms with van der Waals surface area (Å²) in [6, 6.07) is 8.04. The largest absolute Gasteiger partial charge is 0.465 e. The van der Waals surface area contributed by atoms with E-state index in [9.17, 15) is 27.9 Å². The lowest BCUT2D eigenvalue weighted by Gasteiger charge is -2.17. The van der Waals surface area contributed by atoms with E-state index < -0.39 is 34.9 Å². The van der Waals surface area contributed by atoms with Crippen LogP contribution in [-0.2, 0) is 10.9 Å². The highest BCUT2D eigenvalue weighted by Crippen LogP contribution is 2.34. The first-order chi connectivity index (χ1) is 13.9.